The Labute approximate surface area is 137 Å². The maximum absolute atomic E-state index is 10.8. The highest BCUT2D eigenvalue weighted by Crippen LogP contribution is 2.60. The van der Waals surface area contributed by atoms with Crippen LogP contribution in [0.15, 0.2) is 11.6 Å². The van der Waals surface area contributed by atoms with Gasteiger partial charge >= 0.3 is 0 Å². The number of ether oxygens (including phenoxy) is 1. The van der Waals surface area contributed by atoms with E-state index in [9.17, 15) is 20.4 Å². The summed E-state index contributed by atoms with van der Waals surface area (Å²) in [6, 6.07) is 0. The van der Waals surface area contributed by atoms with Crippen molar-refractivity contribution < 1.29 is 25.2 Å². The summed E-state index contributed by atoms with van der Waals surface area (Å²) < 4.78 is 6.24. The first-order chi connectivity index (χ1) is 10.8. The highest BCUT2D eigenvalue weighted by Gasteiger charge is 2.64. The first-order valence-electron chi connectivity index (χ1n) is 8.82. The first kappa shape index (κ1) is 16.0. The molecule has 3 unspecified atom stereocenters. The summed E-state index contributed by atoms with van der Waals surface area (Å²) >= 11 is 0. The molecule has 3 aliphatic carbocycles. The summed E-state index contributed by atoms with van der Waals surface area (Å²) in [6.45, 7) is 4.56. The van der Waals surface area contributed by atoms with Crippen LogP contribution in [0.4, 0.5) is 0 Å². The zero-order valence-electron chi connectivity index (χ0n) is 13.9. The highest BCUT2D eigenvalue weighted by molar-refractivity contribution is 5.28. The average Bonchev–Trinajstić information content (AvgIpc) is 2.73. The fourth-order valence-electron chi connectivity index (χ4n) is 5.88. The quantitative estimate of drug-likeness (QED) is 0.490. The van der Waals surface area contributed by atoms with Crippen molar-refractivity contribution in [2.75, 3.05) is 6.61 Å². The van der Waals surface area contributed by atoms with E-state index >= 15 is 0 Å². The molecule has 3 fully saturated rings. The zero-order chi connectivity index (χ0) is 16.6. The number of rotatable bonds is 0. The number of hydrogen-bond donors (Lipinski definition) is 4. The first-order valence-corrected chi connectivity index (χ1v) is 8.82. The van der Waals surface area contributed by atoms with Gasteiger partial charge in [0, 0.05) is 16.7 Å². The van der Waals surface area contributed by atoms with Gasteiger partial charge in [0.1, 0.15) is 0 Å². The lowest BCUT2D eigenvalue weighted by Gasteiger charge is -2.58. The second-order valence-corrected chi connectivity index (χ2v) is 8.66. The molecule has 0 bridgehead atoms. The van der Waals surface area contributed by atoms with E-state index in [0.717, 1.165) is 18.4 Å². The van der Waals surface area contributed by atoms with Gasteiger partial charge in [0.15, 0.2) is 0 Å². The van der Waals surface area contributed by atoms with E-state index in [4.69, 9.17) is 4.74 Å². The normalized spacial score (nSPS) is 58.9. The Morgan fingerprint density at radius 1 is 1.13 bits per heavy atom. The number of hydrogen-bond acceptors (Lipinski definition) is 5. The lowest BCUT2D eigenvalue weighted by molar-refractivity contribution is -0.217. The van der Waals surface area contributed by atoms with Crippen molar-refractivity contribution in [2.45, 2.75) is 70.1 Å². The predicted octanol–water partition coefficient (Wildman–Crippen LogP) is 0.601. The molecule has 0 aromatic rings. The Bertz CT molecular complexity index is 534. The standard InChI is InChI=1S/C18H28O5/c1-17-4-3-10(19)5-9(17)6-12(20)14-11-7-13(21)15(22)18(11,2)8-23-16(14)17/h5,10-16,19-22H,3-4,6-8H2,1-2H3/t10-,11?,12-,13+,14?,15-,16?,17-,18-/m0/s1. The minimum atomic E-state index is -0.793. The van der Waals surface area contributed by atoms with Crippen LogP contribution in [0.5, 0.6) is 0 Å². The van der Waals surface area contributed by atoms with Crippen LogP contribution in [-0.4, -0.2) is 57.6 Å². The molecule has 9 atom stereocenters. The van der Waals surface area contributed by atoms with Crippen LogP contribution in [0.1, 0.15) is 39.5 Å². The summed E-state index contributed by atoms with van der Waals surface area (Å²) in [5.74, 6) is -0.00980. The Balaban J connectivity index is 1.73. The number of fused-ring (bicyclic) bond motifs is 5. The molecular weight excluding hydrogens is 296 g/mol. The van der Waals surface area contributed by atoms with Crippen molar-refractivity contribution in [1.29, 1.82) is 0 Å². The Morgan fingerprint density at radius 2 is 1.87 bits per heavy atom. The van der Waals surface area contributed by atoms with E-state index in [1.54, 1.807) is 0 Å². The Morgan fingerprint density at radius 3 is 2.61 bits per heavy atom. The monoisotopic (exact) mass is 324 g/mol. The molecule has 4 rings (SSSR count). The second-order valence-electron chi connectivity index (χ2n) is 8.66. The fraction of sp³-hybridized carbons (Fsp3) is 0.889. The summed E-state index contributed by atoms with van der Waals surface area (Å²) in [5.41, 5.74) is 0.448. The van der Waals surface area contributed by atoms with E-state index in [0.29, 0.717) is 19.4 Å². The molecule has 0 spiro atoms. The molecule has 1 aliphatic heterocycles. The largest absolute Gasteiger partial charge is 0.392 e. The molecule has 0 amide bonds. The molecule has 130 valence electrons. The van der Waals surface area contributed by atoms with Crippen LogP contribution in [-0.2, 0) is 4.74 Å². The van der Waals surface area contributed by atoms with Gasteiger partial charge in [-0.05, 0) is 31.6 Å². The molecule has 4 N–H and O–H groups in total. The Kier molecular flexibility index (Phi) is 3.50. The molecule has 1 saturated heterocycles. The summed E-state index contributed by atoms with van der Waals surface area (Å²) in [6.07, 6.45) is 1.93. The number of aliphatic hydroxyl groups excluding tert-OH is 4. The van der Waals surface area contributed by atoms with Gasteiger partial charge in [-0.1, -0.05) is 25.5 Å². The smallest absolute Gasteiger partial charge is 0.0877 e. The van der Waals surface area contributed by atoms with Crippen molar-refractivity contribution in [1.82, 2.24) is 0 Å². The minimum Gasteiger partial charge on any atom is -0.392 e. The SMILES string of the molecule is C[C@]12CC[C@H](O)C=C1C[C@H](O)C1C2OC[C@@]2(C)C1C[C@@H](O)[C@@H]2O. The summed E-state index contributed by atoms with van der Waals surface area (Å²) in [5, 5.41) is 41.3. The third-order valence-corrected chi connectivity index (χ3v) is 7.36. The third-order valence-electron chi connectivity index (χ3n) is 7.36. The van der Waals surface area contributed by atoms with Crippen molar-refractivity contribution in [3.8, 4) is 0 Å². The van der Waals surface area contributed by atoms with Gasteiger partial charge in [0.05, 0.1) is 37.1 Å². The molecule has 1 heterocycles. The molecule has 0 radical (unpaired) electrons. The Hall–Kier alpha value is -0.460. The minimum absolute atomic E-state index is 0.0616. The van der Waals surface area contributed by atoms with E-state index in [2.05, 4.69) is 6.92 Å². The van der Waals surface area contributed by atoms with Gasteiger partial charge in [0.25, 0.3) is 0 Å². The molecule has 2 saturated carbocycles. The van der Waals surface area contributed by atoms with E-state index in [1.165, 1.54) is 0 Å². The van der Waals surface area contributed by atoms with Crippen LogP contribution in [0, 0.1) is 22.7 Å². The highest BCUT2D eigenvalue weighted by atomic mass is 16.5. The van der Waals surface area contributed by atoms with E-state index < -0.39 is 29.8 Å². The molecule has 0 aromatic heterocycles. The maximum atomic E-state index is 10.8. The van der Waals surface area contributed by atoms with Crippen molar-refractivity contribution in [3.05, 3.63) is 11.6 Å². The molecule has 5 heteroatoms. The van der Waals surface area contributed by atoms with Crippen molar-refractivity contribution in [2.24, 2.45) is 22.7 Å². The van der Waals surface area contributed by atoms with Gasteiger partial charge in [-0.3, -0.25) is 0 Å². The van der Waals surface area contributed by atoms with Crippen molar-refractivity contribution >= 4 is 0 Å². The van der Waals surface area contributed by atoms with Crippen LogP contribution in [0.25, 0.3) is 0 Å². The lowest BCUT2D eigenvalue weighted by Crippen LogP contribution is -2.61. The van der Waals surface area contributed by atoms with Crippen LogP contribution in [0.3, 0.4) is 0 Å². The number of aliphatic hydroxyl groups is 4. The topological polar surface area (TPSA) is 90.2 Å². The van der Waals surface area contributed by atoms with E-state index in [1.807, 2.05) is 13.0 Å². The summed E-state index contributed by atoms with van der Waals surface area (Å²) in [7, 11) is 0. The van der Waals surface area contributed by atoms with Gasteiger partial charge in [-0.25, -0.2) is 0 Å². The van der Waals surface area contributed by atoms with Crippen LogP contribution in [0.2, 0.25) is 0 Å². The predicted molar refractivity (Wildman–Crippen MR) is 83.5 cm³/mol. The summed E-state index contributed by atoms with van der Waals surface area (Å²) in [4.78, 5) is 0. The zero-order valence-corrected chi connectivity index (χ0v) is 13.9. The second kappa shape index (κ2) is 5.02. The van der Waals surface area contributed by atoms with Gasteiger partial charge in [0.2, 0.25) is 0 Å². The van der Waals surface area contributed by atoms with Crippen LogP contribution >= 0.6 is 0 Å². The maximum Gasteiger partial charge on any atom is 0.0877 e. The molecular formula is C18H28O5. The molecule has 0 aromatic carbocycles. The molecule has 4 aliphatic rings. The van der Waals surface area contributed by atoms with Gasteiger partial charge in [-0.2, -0.15) is 0 Å². The average molecular weight is 324 g/mol. The third kappa shape index (κ3) is 2.04. The van der Waals surface area contributed by atoms with Gasteiger partial charge in [-0.15, -0.1) is 0 Å². The van der Waals surface area contributed by atoms with Crippen molar-refractivity contribution in [3.63, 3.8) is 0 Å². The molecule has 5 nitrogen and oxygen atoms in total. The van der Waals surface area contributed by atoms with Crippen LogP contribution < -0.4 is 0 Å². The van der Waals surface area contributed by atoms with E-state index in [-0.39, 0.29) is 23.4 Å². The lowest BCUT2D eigenvalue weighted by atomic mass is 9.53. The molecule has 23 heavy (non-hydrogen) atoms. The van der Waals surface area contributed by atoms with Gasteiger partial charge < -0.3 is 25.2 Å². The fourth-order valence-corrected chi connectivity index (χ4v) is 5.88.